The summed E-state index contributed by atoms with van der Waals surface area (Å²) >= 11 is 0. The summed E-state index contributed by atoms with van der Waals surface area (Å²) in [5.74, 6) is 0. The minimum atomic E-state index is 0.887. The molecule has 0 saturated heterocycles. The van der Waals surface area contributed by atoms with Crippen LogP contribution in [0.5, 0.6) is 0 Å². The van der Waals surface area contributed by atoms with Crippen LogP contribution in [0, 0.1) is 0 Å². The van der Waals surface area contributed by atoms with E-state index < -0.39 is 0 Å². The van der Waals surface area contributed by atoms with Crippen LogP contribution in [0.15, 0.2) is 223 Å². The van der Waals surface area contributed by atoms with Gasteiger partial charge in [0.2, 0.25) is 0 Å². The lowest BCUT2D eigenvalue weighted by Gasteiger charge is -2.30. The number of hydrogen-bond acceptors (Lipinski definition) is 2. The van der Waals surface area contributed by atoms with E-state index in [-0.39, 0.29) is 0 Å². The first-order valence-corrected chi connectivity index (χ1v) is 20.2. The van der Waals surface area contributed by atoms with Gasteiger partial charge in [0, 0.05) is 49.3 Å². The first kappa shape index (κ1) is 33.3. The van der Waals surface area contributed by atoms with Crippen LogP contribution in [-0.4, -0.2) is 4.57 Å². The van der Waals surface area contributed by atoms with E-state index in [9.17, 15) is 0 Å². The second kappa shape index (κ2) is 13.4. The zero-order chi connectivity index (χ0) is 38.9. The lowest BCUT2D eigenvalue weighted by atomic mass is 9.96. The van der Waals surface area contributed by atoms with Crippen molar-refractivity contribution in [2.45, 2.75) is 0 Å². The predicted molar refractivity (Wildman–Crippen MR) is 249 cm³/mol. The fourth-order valence-corrected chi connectivity index (χ4v) is 9.40. The van der Waals surface area contributed by atoms with Crippen molar-refractivity contribution in [1.82, 2.24) is 4.57 Å². The summed E-state index contributed by atoms with van der Waals surface area (Å²) in [5.41, 5.74) is 13.0. The average Bonchev–Trinajstić information content (AvgIpc) is 3.85. The van der Waals surface area contributed by atoms with Gasteiger partial charge in [-0.1, -0.05) is 170 Å². The number of fused-ring (bicyclic) bond motifs is 9. The van der Waals surface area contributed by atoms with Crippen LogP contribution in [0.25, 0.3) is 93.2 Å². The third-order valence-corrected chi connectivity index (χ3v) is 12.0. The number of para-hydroxylation sites is 6. The Morgan fingerprint density at radius 3 is 1.80 bits per heavy atom. The number of nitrogens with zero attached hydrogens (tertiary/aromatic N) is 2. The van der Waals surface area contributed by atoms with E-state index in [1.807, 2.05) is 6.07 Å². The second-order valence-corrected chi connectivity index (χ2v) is 15.2. The van der Waals surface area contributed by atoms with Crippen molar-refractivity contribution in [3.8, 4) is 27.9 Å². The van der Waals surface area contributed by atoms with Crippen LogP contribution >= 0.6 is 0 Å². The Morgan fingerprint density at radius 1 is 0.373 bits per heavy atom. The Kier molecular flexibility index (Phi) is 7.54. The first-order chi connectivity index (χ1) is 29.3. The largest absolute Gasteiger partial charge is 0.455 e. The fraction of sp³-hybridized carbons (Fsp3) is 0. The molecule has 0 N–H and O–H groups in total. The Labute approximate surface area is 341 Å². The number of hydrogen-bond donors (Lipinski definition) is 0. The van der Waals surface area contributed by atoms with Crippen molar-refractivity contribution >= 4 is 82.4 Å². The zero-order valence-electron chi connectivity index (χ0n) is 32.1. The van der Waals surface area contributed by atoms with Gasteiger partial charge >= 0.3 is 0 Å². The molecule has 0 amide bonds. The van der Waals surface area contributed by atoms with E-state index in [2.05, 4.69) is 222 Å². The molecule has 0 unspecified atom stereocenters. The molecule has 0 aliphatic rings. The highest BCUT2D eigenvalue weighted by Gasteiger charge is 2.23. The molecular formula is C56H36N2O. The maximum absolute atomic E-state index is 6.68. The highest BCUT2D eigenvalue weighted by Crippen LogP contribution is 2.48. The predicted octanol–water partition coefficient (Wildman–Crippen LogP) is 15.8. The van der Waals surface area contributed by atoms with Crippen molar-refractivity contribution in [3.05, 3.63) is 218 Å². The Bertz CT molecular complexity index is 3540. The third-order valence-electron chi connectivity index (χ3n) is 12.0. The van der Waals surface area contributed by atoms with E-state index in [0.29, 0.717) is 0 Å². The van der Waals surface area contributed by atoms with Gasteiger partial charge in [0.1, 0.15) is 11.2 Å². The number of furan rings is 1. The van der Waals surface area contributed by atoms with Crippen LogP contribution in [0.3, 0.4) is 0 Å². The second-order valence-electron chi connectivity index (χ2n) is 15.2. The van der Waals surface area contributed by atoms with Crippen molar-refractivity contribution < 1.29 is 4.42 Å². The molecule has 276 valence electrons. The van der Waals surface area contributed by atoms with Gasteiger partial charge in [0.05, 0.1) is 28.1 Å². The molecule has 10 aromatic carbocycles. The highest BCUT2D eigenvalue weighted by molar-refractivity contribution is 6.17. The SMILES string of the molecule is c1cc(-c2ccccc2-n2c3ccccc3c3ccccc32)cc(N(c2ccccc2-c2cccc3c2oc2ccccc23)c2cccc3ccc4ccccc4c23)c1. The molecule has 0 fully saturated rings. The minimum Gasteiger partial charge on any atom is -0.455 e. The molecule has 0 radical (unpaired) electrons. The number of anilines is 3. The van der Waals surface area contributed by atoms with Crippen LogP contribution in [-0.2, 0) is 0 Å². The molecular weight excluding hydrogens is 717 g/mol. The maximum atomic E-state index is 6.68. The van der Waals surface area contributed by atoms with Crippen LogP contribution in [0.4, 0.5) is 17.1 Å². The van der Waals surface area contributed by atoms with Gasteiger partial charge in [-0.3, -0.25) is 0 Å². The van der Waals surface area contributed by atoms with E-state index in [1.165, 1.54) is 43.4 Å². The molecule has 2 heterocycles. The van der Waals surface area contributed by atoms with Gasteiger partial charge in [0.25, 0.3) is 0 Å². The fourth-order valence-electron chi connectivity index (χ4n) is 9.40. The summed E-state index contributed by atoms with van der Waals surface area (Å²) in [5, 5.41) is 9.55. The molecule has 0 atom stereocenters. The van der Waals surface area contributed by atoms with E-state index in [0.717, 1.165) is 66.9 Å². The molecule has 12 aromatic rings. The van der Waals surface area contributed by atoms with Gasteiger partial charge in [-0.25, -0.2) is 0 Å². The molecule has 3 nitrogen and oxygen atoms in total. The highest BCUT2D eigenvalue weighted by atomic mass is 16.3. The van der Waals surface area contributed by atoms with Gasteiger partial charge < -0.3 is 13.9 Å². The van der Waals surface area contributed by atoms with Gasteiger partial charge in [-0.2, -0.15) is 0 Å². The van der Waals surface area contributed by atoms with Crippen molar-refractivity contribution in [3.63, 3.8) is 0 Å². The summed E-state index contributed by atoms with van der Waals surface area (Å²) in [7, 11) is 0. The van der Waals surface area contributed by atoms with Crippen molar-refractivity contribution in [1.29, 1.82) is 0 Å². The quantitative estimate of drug-likeness (QED) is 0.158. The lowest BCUT2D eigenvalue weighted by Crippen LogP contribution is -2.12. The van der Waals surface area contributed by atoms with Gasteiger partial charge in [-0.15, -0.1) is 0 Å². The minimum absolute atomic E-state index is 0.887. The van der Waals surface area contributed by atoms with E-state index in [1.54, 1.807) is 0 Å². The number of rotatable bonds is 6. The standard InChI is InChI=1S/C56H36N2O/c1-2-21-42-37(16-1)34-35-38-17-14-32-53(55(38)42)57(50-29-9-6-24-45(50)47-26-15-27-48-46-25-7-12-33-54(46)59-56(47)48)40-19-13-18-39(36-40)41-20-3-8-28-49(41)58-51-30-10-4-22-43(51)44-23-5-11-31-52(44)58/h1-36H. The van der Waals surface area contributed by atoms with Crippen LogP contribution < -0.4 is 4.90 Å². The normalized spacial score (nSPS) is 11.7. The molecule has 0 saturated carbocycles. The third kappa shape index (κ3) is 5.22. The number of aromatic nitrogens is 1. The van der Waals surface area contributed by atoms with Gasteiger partial charge in [0.15, 0.2) is 0 Å². The average molecular weight is 753 g/mol. The van der Waals surface area contributed by atoms with Crippen LogP contribution in [0.1, 0.15) is 0 Å². The van der Waals surface area contributed by atoms with E-state index >= 15 is 0 Å². The van der Waals surface area contributed by atoms with Crippen molar-refractivity contribution in [2.24, 2.45) is 0 Å². The zero-order valence-corrected chi connectivity index (χ0v) is 32.1. The van der Waals surface area contributed by atoms with E-state index in [4.69, 9.17) is 4.42 Å². The monoisotopic (exact) mass is 752 g/mol. The van der Waals surface area contributed by atoms with Gasteiger partial charge in [-0.05, 0) is 70.3 Å². The Hall–Kier alpha value is -7.88. The molecule has 0 spiro atoms. The van der Waals surface area contributed by atoms with Crippen LogP contribution in [0.2, 0.25) is 0 Å². The topological polar surface area (TPSA) is 21.3 Å². The summed E-state index contributed by atoms with van der Waals surface area (Å²) in [4.78, 5) is 2.46. The Balaban J connectivity index is 1.13. The maximum Gasteiger partial charge on any atom is 0.143 e. The summed E-state index contributed by atoms with van der Waals surface area (Å²) in [6.45, 7) is 0. The first-order valence-electron chi connectivity index (χ1n) is 20.2. The number of benzene rings is 10. The smallest absolute Gasteiger partial charge is 0.143 e. The molecule has 0 aliphatic carbocycles. The molecule has 0 bridgehead atoms. The van der Waals surface area contributed by atoms with Crippen molar-refractivity contribution in [2.75, 3.05) is 4.90 Å². The summed E-state index contributed by atoms with van der Waals surface area (Å²) < 4.78 is 9.10. The molecule has 3 heteroatoms. The lowest BCUT2D eigenvalue weighted by molar-refractivity contribution is 0.670. The Morgan fingerprint density at radius 2 is 0.949 bits per heavy atom. The summed E-state index contributed by atoms with van der Waals surface area (Å²) in [6.07, 6.45) is 0. The molecule has 59 heavy (non-hydrogen) atoms. The molecule has 0 aliphatic heterocycles. The molecule has 12 rings (SSSR count). The summed E-state index contributed by atoms with van der Waals surface area (Å²) in [6, 6.07) is 78.8. The molecule has 2 aromatic heterocycles.